The molecule has 11 aromatic rings. The number of hydrogen-bond acceptors (Lipinski definition) is 3. The number of hydrogen-bond donors (Lipinski definition) is 0. The minimum absolute atomic E-state index is 0.606. The van der Waals surface area contributed by atoms with Gasteiger partial charge in [0.15, 0.2) is 17.5 Å². The molecule has 0 radical (unpaired) electrons. The molecule has 262 valence electrons. The van der Waals surface area contributed by atoms with E-state index >= 15 is 0 Å². The van der Waals surface area contributed by atoms with Crippen LogP contribution in [0.4, 0.5) is 0 Å². The summed E-state index contributed by atoms with van der Waals surface area (Å²) < 4.78 is 4.81. The van der Waals surface area contributed by atoms with Crippen LogP contribution >= 0.6 is 0 Å². The molecule has 11 rings (SSSR count). The molecule has 0 atom stereocenters. The van der Waals surface area contributed by atoms with Crippen LogP contribution in [0.5, 0.6) is 0 Å². The number of para-hydroxylation sites is 4. The molecule has 0 aliphatic carbocycles. The van der Waals surface area contributed by atoms with Crippen molar-refractivity contribution in [3.05, 3.63) is 200 Å². The Labute approximate surface area is 323 Å². The van der Waals surface area contributed by atoms with Crippen molar-refractivity contribution in [2.45, 2.75) is 0 Å². The lowest BCUT2D eigenvalue weighted by Crippen LogP contribution is -2.05. The van der Waals surface area contributed by atoms with E-state index in [2.05, 4.69) is 173 Å². The summed E-state index contributed by atoms with van der Waals surface area (Å²) in [5.74, 6) is 1.86. The van der Waals surface area contributed by atoms with Gasteiger partial charge in [0, 0.05) is 49.5 Å². The second-order valence-corrected chi connectivity index (χ2v) is 14.0. The summed E-state index contributed by atoms with van der Waals surface area (Å²) >= 11 is 0. The van der Waals surface area contributed by atoms with E-state index in [1.807, 2.05) is 36.4 Å². The lowest BCUT2D eigenvalue weighted by Gasteiger charge is -2.19. The predicted molar refractivity (Wildman–Crippen MR) is 230 cm³/mol. The van der Waals surface area contributed by atoms with Crippen molar-refractivity contribution in [1.29, 1.82) is 0 Å². The molecular weight excluding hydrogens is 683 g/mol. The molecule has 0 saturated heterocycles. The van der Waals surface area contributed by atoms with E-state index in [1.165, 1.54) is 32.6 Å². The minimum atomic E-state index is 0.606. The number of benzene rings is 8. The third-order valence-electron chi connectivity index (χ3n) is 10.8. The molecule has 56 heavy (non-hydrogen) atoms. The Hall–Kier alpha value is -7.63. The Balaban J connectivity index is 1.25. The molecule has 5 heteroatoms. The molecule has 0 spiro atoms. The molecule has 0 saturated carbocycles. The highest BCUT2D eigenvalue weighted by Crippen LogP contribution is 2.42. The number of fused-ring (bicyclic) bond motifs is 6. The lowest BCUT2D eigenvalue weighted by atomic mass is 9.98. The summed E-state index contributed by atoms with van der Waals surface area (Å²) in [5, 5.41) is 4.82. The molecular formula is C51H33N5. The fourth-order valence-electron chi connectivity index (χ4n) is 8.28. The second-order valence-electron chi connectivity index (χ2n) is 14.0. The Morgan fingerprint density at radius 1 is 0.286 bits per heavy atom. The highest BCUT2D eigenvalue weighted by atomic mass is 15.1. The fraction of sp³-hybridized carbons (Fsp3) is 0. The van der Waals surface area contributed by atoms with Gasteiger partial charge in [0.25, 0.3) is 0 Å². The van der Waals surface area contributed by atoms with Crippen molar-refractivity contribution in [2.75, 3.05) is 0 Å². The fourth-order valence-corrected chi connectivity index (χ4v) is 8.28. The van der Waals surface area contributed by atoms with E-state index in [9.17, 15) is 0 Å². The zero-order valence-corrected chi connectivity index (χ0v) is 30.3. The highest BCUT2D eigenvalue weighted by molar-refractivity contribution is 6.12. The maximum atomic E-state index is 5.25. The smallest absolute Gasteiger partial charge is 0.166 e. The van der Waals surface area contributed by atoms with Crippen LogP contribution in [-0.4, -0.2) is 24.1 Å². The summed E-state index contributed by atoms with van der Waals surface area (Å²) in [6.07, 6.45) is 0. The highest BCUT2D eigenvalue weighted by Gasteiger charge is 2.23. The lowest BCUT2D eigenvalue weighted by molar-refractivity contribution is 1.06. The van der Waals surface area contributed by atoms with Gasteiger partial charge in [0.1, 0.15) is 0 Å². The Morgan fingerprint density at radius 3 is 1.27 bits per heavy atom. The zero-order valence-electron chi connectivity index (χ0n) is 30.3. The molecule has 5 nitrogen and oxygen atoms in total. The van der Waals surface area contributed by atoms with Crippen LogP contribution in [-0.2, 0) is 0 Å². The molecule has 0 aliphatic heterocycles. The van der Waals surface area contributed by atoms with E-state index in [-0.39, 0.29) is 0 Å². The van der Waals surface area contributed by atoms with Gasteiger partial charge >= 0.3 is 0 Å². The molecule has 0 amide bonds. The van der Waals surface area contributed by atoms with Crippen molar-refractivity contribution in [2.24, 2.45) is 0 Å². The summed E-state index contributed by atoms with van der Waals surface area (Å²) in [4.78, 5) is 15.5. The van der Waals surface area contributed by atoms with Crippen molar-refractivity contribution >= 4 is 43.6 Å². The largest absolute Gasteiger partial charge is 0.309 e. The van der Waals surface area contributed by atoms with E-state index in [4.69, 9.17) is 15.0 Å². The van der Waals surface area contributed by atoms with Crippen LogP contribution in [0.15, 0.2) is 200 Å². The van der Waals surface area contributed by atoms with Gasteiger partial charge in [-0.25, -0.2) is 15.0 Å². The molecule has 0 aliphatic rings. The normalized spacial score (nSPS) is 11.6. The molecule has 3 aromatic heterocycles. The van der Waals surface area contributed by atoms with E-state index in [0.717, 1.165) is 50.2 Å². The minimum Gasteiger partial charge on any atom is -0.309 e. The van der Waals surface area contributed by atoms with Crippen LogP contribution in [0.1, 0.15) is 0 Å². The summed E-state index contributed by atoms with van der Waals surface area (Å²) in [6, 6.07) is 70.4. The summed E-state index contributed by atoms with van der Waals surface area (Å²) in [7, 11) is 0. The van der Waals surface area contributed by atoms with Gasteiger partial charge < -0.3 is 9.13 Å². The average Bonchev–Trinajstić information content (AvgIpc) is 3.79. The third-order valence-corrected chi connectivity index (χ3v) is 10.8. The first-order valence-corrected chi connectivity index (χ1v) is 18.9. The van der Waals surface area contributed by atoms with Crippen LogP contribution in [0.25, 0.3) is 100 Å². The van der Waals surface area contributed by atoms with Crippen molar-refractivity contribution in [3.8, 4) is 56.7 Å². The van der Waals surface area contributed by atoms with Crippen molar-refractivity contribution in [3.63, 3.8) is 0 Å². The van der Waals surface area contributed by atoms with Gasteiger partial charge in [-0.2, -0.15) is 0 Å². The van der Waals surface area contributed by atoms with Crippen molar-refractivity contribution < 1.29 is 0 Å². The van der Waals surface area contributed by atoms with Gasteiger partial charge in [-0.15, -0.1) is 0 Å². The van der Waals surface area contributed by atoms with Gasteiger partial charge in [-0.3, -0.25) is 0 Å². The van der Waals surface area contributed by atoms with Crippen LogP contribution in [0, 0.1) is 0 Å². The van der Waals surface area contributed by atoms with E-state index in [1.54, 1.807) is 0 Å². The van der Waals surface area contributed by atoms with E-state index < -0.39 is 0 Å². The van der Waals surface area contributed by atoms with Gasteiger partial charge in [-0.1, -0.05) is 164 Å². The summed E-state index contributed by atoms with van der Waals surface area (Å²) in [5.41, 5.74) is 11.6. The maximum absolute atomic E-state index is 5.25. The molecule has 8 aromatic carbocycles. The van der Waals surface area contributed by atoms with Crippen LogP contribution in [0.2, 0.25) is 0 Å². The quantitative estimate of drug-likeness (QED) is 0.172. The number of aromatic nitrogens is 5. The average molecular weight is 716 g/mol. The zero-order chi connectivity index (χ0) is 37.0. The molecule has 0 fully saturated rings. The molecule has 0 N–H and O–H groups in total. The SMILES string of the molecule is c1ccc(-c2nc(-c3ccccc3)nc(-c3cccc(-c4ccccc4)c3-n3c4ccccc4c4ccc(-n5c6ccccc6c6ccccc65)cc43)n2)cc1. The van der Waals surface area contributed by atoms with E-state index in [0.29, 0.717) is 17.5 Å². The third kappa shape index (κ3) is 5.13. The molecule has 0 unspecified atom stereocenters. The first kappa shape index (κ1) is 31.9. The van der Waals surface area contributed by atoms with Crippen LogP contribution < -0.4 is 0 Å². The monoisotopic (exact) mass is 715 g/mol. The predicted octanol–water partition coefficient (Wildman–Crippen LogP) is 12.7. The maximum Gasteiger partial charge on any atom is 0.166 e. The van der Waals surface area contributed by atoms with Crippen molar-refractivity contribution in [1.82, 2.24) is 24.1 Å². The number of rotatable bonds is 6. The van der Waals surface area contributed by atoms with Crippen LogP contribution in [0.3, 0.4) is 0 Å². The molecule has 3 heterocycles. The second kappa shape index (κ2) is 13.0. The number of nitrogens with zero attached hydrogens (tertiary/aromatic N) is 5. The summed E-state index contributed by atoms with van der Waals surface area (Å²) in [6.45, 7) is 0. The standard InChI is InChI=1S/C51H33N5/c1-4-17-34(18-5-1)38-26-16-27-43(51-53-49(35-19-6-2-7-20-35)52-50(54-51)36-21-8-3-9-22-36)48(38)56-46-30-15-12-25-41(46)42-32-31-37(33-47(42)56)55-44-28-13-10-23-39(44)40-24-11-14-29-45(40)55/h1-33H. The van der Waals surface area contributed by atoms with Gasteiger partial charge in [0.2, 0.25) is 0 Å². The van der Waals surface area contributed by atoms with Gasteiger partial charge in [-0.05, 0) is 42.0 Å². The first-order chi connectivity index (χ1) is 27.8. The molecule has 0 bridgehead atoms. The Morgan fingerprint density at radius 2 is 0.714 bits per heavy atom. The van der Waals surface area contributed by atoms with Gasteiger partial charge in [0.05, 0.1) is 27.8 Å². The Kier molecular flexibility index (Phi) is 7.42. The topological polar surface area (TPSA) is 48.5 Å². The Bertz CT molecular complexity index is 3120. The first-order valence-electron chi connectivity index (χ1n) is 18.9.